The van der Waals surface area contributed by atoms with Crippen molar-refractivity contribution in [3.8, 4) is 0 Å². The lowest BCUT2D eigenvalue weighted by molar-refractivity contribution is -0.139. The maximum absolute atomic E-state index is 11.4. The summed E-state index contributed by atoms with van der Waals surface area (Å²) >= 11 is 4.26. The van der Waals surface area contributed by atoms with Crippen LogP contribution in [0.4, 0.5) is 5.13 Å². The first-order chi connectivity index (χ1) is 7.43. The number of hydrogen-bond acceptors (Lipinski definition) is 6. The first-order valence-electron chi connectivity index (χ1n) is 4.20. The van der Waals surface area contributed by atoms with Gasteiger partial charge in [0, 0.05) is 0 Å². The highest BCUT2D eigenvalue weighted by Crippen LogP contribution is 2.23. The van der Waals surface area contributed by atoms with Gasteiger partial charge in [0.1, 0.15) is 0 Å². The minimum absolute atomic E-state index is 0.150. The Kier molecular flexibility index (Phi) is 4.69. The minimum atomic E-state index is -3.74. The van der Waals surface area contributed by atoms with E-state index in [-0.39, 0.29) is 11.7 Å². The Morgan fingerprint density at radius 2 is 2.38 bits per heavy atom. The lowest BCUT2D eigenvalue weighted by Crippen LogP contribution is -2.24. The number of anilines is 1. The van der Waals surface area contributed by atoms with Crippen LogP contribution in [0.3, 0.4) is 0 Å². The zero-order chi connectivity index (χ0) is 12.2. The fourth-order valence-electron chi connectivity index (χ4n) is 0.829. The third-order valence-electron chi connectivity index (χ3n) is 1.33. The summed E-state index contributed by atoms with van der Waals surface area (Å²) in [5, 5.41) is 0.205. The summed E-state index contributed by atoms with van der Waals surface area (Å²) in [6.45, 7) is 1.76. The summed E-state index contributed by atoms with van der Waals surface area (Å²) < 4.78 is 30.3. The summed E-state index contributed by atoms with van der Waals surface area (Å²) in [5.74, 6) is -1.50. The normalized spacial score (nSPS) is 11.1. The van der Waals surface area contributed by atoms with Gasteiger partial charge in [-0.25, -0.2) is 13.4 Å². The molecular weight excluding hydrogens is 320 g/mol. The Hall–Kier alpha value is -0.670. The van der Waals surface area contributed by atoms with Crippen LogP contribution >= 0.6 is 27.3 Å². The van der Waals surface area contributed by atoms with E-state index in [2.05, 4.69) is 30.4 Å². The topological polar surface area (TPSA) is 85.4 Å². The molecule has 1 heterocycles. The van der Waals surface area contributed by atoms with E-state index in [1.807, 2.05) is 0 Å². The predicted octanol–water partition coefficient (Wildman–Crippen LogP) is 1.21. The van der Waals surface area contributed by atoms with Crippen LogP contribution in [0.25, 0.3) is 0 Å². The van der Waals surface area contributed by atoms with Crippen LogP contribution in [0.1, 0.15) is 6.92 Å². The molecule has 0 saturated heterocycles. The SMILES string of the molecule is CCOC(=O)CS(=O)(=O)Nc1ncc(Br)s1. The zero-order valence-electron chi connectivity index (χ0n) is 8.27. The molecule has 0 bridgehead atoms. The van der Waals surface area contributed by atoms with Gasteiger partial charge in [0.2, 0.25) is 10.0 Å². The number of carbonyl (C=O) groups excluding carboxylic acids is 1. The second-order valence-electron chi connectivity index (χ2n) is 2.64. The molecule has 1 rings (SSSR count). The Balaban J connectivity index is 2.62. The van der Waals surface area contributed by atoms with Crippen LogP contribution in [-0.2, 0) is 19.6 Å². The van der Waals surface area contributed by atoms with Crippen molar-refractivity contribution >= 4 is 48.4 Å². The van der Waals surface area contributed by atoms with Crippen LogP contribution in [0, 0.1) is 0 Å². The maximum Gasteiger partial charge on any atom is 0.323 e. The van der Waals surface area contributed by atoms with Crippen LogP contribution in [-0.4, -0.2) is 31.7 Å². The summed E-state index contributed by atoms with van der Waals surface area (Å²) in [5.41, 5.74) is 0. The van der Waals surface area contributed by atoms with Crippen molar-refractivity contribution < 1.29 is 17.9 Å². The number of ether oxygens (including phenoxy) is 1. The molecule has 0 spiro atoms. The van der Waals surface area contributed by atoms with Crippen molar-refractivity contribution in [1.82, 2.24) is 4.98 Å². The van der Waals surface area contributed by atoms with Gasteiger partial charge in [0.25, 0.3) is 0 Å². The molecule has 0 fully saturated rings. The van der Waals surface area contributed by atoms with E-state index < -0.39 is 21.7 Å². The number of nitrogens with one attached hydrogen (secondary N) is 1. The molecule has 1 aromatic heterocycles. The van der Waals surface area contributed by atoms with Gasteiger partial charge in [0.15, 0.2) is 10.9 Å². The number of nitrogens with zero attached hydrogens (tertiary/aromatic N) is 1. The Morgan fingerprint density at radius 3 is 2.88 bits per heavy atom. The zero-order valence-corrected chi connectivity index (χ0v) is 11.5. The van der Waals surface area contributed by atoms with Gasteiger partial charge < -0.3 is 4.74 Å². The highest BCUT2D eigenvalue weighted by Gasteiger charge is 2.18. The summed E-state index contributed by atoms with van der Waals surface area (Å²) in [7, 11) is -3.74. The Labute approximate surface area is 105 Å². The highest BCUT2D eigenvalue weighted by atomic mass is 79.9. The van der Waals surface area contributed by atoms with Crippen molar-refractivity contribution in [3.63, 3.8) is 0 Å². The molecule has 0 aliphatic carbocycles. The number of esters is 1. The van der Waals surface area contributed by atoms with Crippen molar-refractivity contribution in [2.24, 2.45) is 0 Å². The third kappa shape index (κ3) is 4.45. The molecule has 90 valence electrons. The van der Waals surface area contributed by atoms with Gasteiger partial charge >= 0.3 is 5.97 Å². The van der Waals surface area contributed by atoms with E-state index in [1.165, 1.54) is 6.20 Å². The molecule has 1 aromatic rings. The van der Waals surface area contributed by atoms with E-state index in [9.17, 15) is 13.2 Å². The van der Waals surface area contributed by atoms with Crippen LogP contribution < -0.4 is 4.72 Å². The van der Waals surface area contributed by atoms with Crippen LogP contribution in [0.5, 0.6) is 0 Å². The number of thiazole rings is 1. The highest BCUT2D eigenvalue weighted by molar-refractivity contribution is 9.11. The van der Waals surface area contributed by atoms with Gasteiger partial charge in [0.05, 0.1) is 16.6 Å². The van der Waals surface area contributed by atoms with E-state index >= 15 is 0 Å². The van der Waals surface area contributed by atoms with Crippen molar-refractivity contribution in [3.05, 3.63) is 9.98 Å². The molecule has 0 unspecified atom stereocenters. The molecule has 0 radical (unpaired) electrons. The Bertz CT molecular complexity index is 470. The second kappa shape index (κ2) is 5.60. The molecule has 0 aromatic carbocycles. The van der Waals surface area contributed by atoms with Crippen molar-refractivity contribution in [1.29, 1.82) is 0 Å². The number of carbonyl (C=O) groups is 1. The average molecular weight is 329 g/mol. The first kappa shape index (κ1) is 13.4. The lowest BCUT2D eigenvalue weighted by Gasteiger charge is -2.04. The van der Waals surface area contributed by atoms with Crippen molar-refractivity contribution in [2.45, 2.75) is 6.92 Å². The van der Waals surface area contributed by atoms with Gasteiger partial charge in [-0.15, -0.1) is 0 Å². The Morgan fingerprint density at radius 1 is 1.69 bits per heavy atom. The van der Waals surface area contributed by atoms with Gasteiger partial charge in [-0.3, -0.25) is 9.52 Å². The van der Waals surface area contributed by atoms with Gasteiger partial charge in [-0.2, -0.15) is 0 Å². The first-order valence-corrected chi connectivity index (χ1v) is 7.46. The van der Waals surface area contributed by atoms with Crippen LogP contribution in [0.2, 0.25) is 0 Å². The summed E-state index contributed by atoms with van der Waals surface area (Å²) in [6.07, 6.45) is 1.47. The molecule has 0 amide bonds. The largest absolute Gasteiger partial charge is 0.465 e. The monoisotopic (exact) mass is 328 g/mol. The summed E-state index contributed by atoms with van der Waals surface area (Å²) in [6, 6.07) is 0. The number of halogens is 1. The molecule has 1 N–H and O–H groups in total. The summed E-state index contributed by atoms with van der Waals surface area (Å²) in [4.78, 5) is 14.8. The van der Waals surface area contributed by atoms with Gasteiger partial charge in [-0.1, -0.05) is 11.3 Å². The molecule has 0 saturated carbocycles. The fourth-order valence-corrected chi connectivity index (χ4v) is 3.12. The van der Waals surface area contributed by atoms with Crippen LogP contribution in [0.15, 0.2) is 9.98 Å². The molecule has 16 heavy (non-hydrogen) atoms. The molecule has 0 aliphatic heterocycles. The molecule has 0 aliphatic rings. The smallest absolute Gasteiger partial charge is 0.323 e. The molecule has 0 atom stereocenters. The standard InChI is InChI=1S/C7H9BrN2O4S2/c1-2-14-6(11)4-16(12,13)10-7-9-3-5(8)15-7/h3H,2,4H2,1H3,(H,9,10). The van der Waals surface area contributed by atoms with Gasteiger partial charge in [-0.05, 0) is 22.9 Å². The second-order valence-corrected chi connectivity index (χ2v) is 6.77. The van der Waals surface area contributed by atoms with E-state index in [0.29, 0.717) is 3.79 Å². The average Bonchev–Trinajstić information content (AvgIpc) is 2.49. The lowest BCUT2D eigenvalue weighted by atomic mass is 10.8. The number of rotatable bonds is 5. The number of hydrogen-bond donors (Lipinski definition) is 1. The quantitative estimate of drug-likeness (QED) is 0.821. The molecule has 6 nitrogen and oxygen atoms in total. The van der Waals surface area contributed by atoms with E-state index in [4.69, 9.17) is 0 Å². The van der Waals surface area contributed by atoms with Crippen molar-refractivity contribution in [2.75, 3.05) is 17.1 Å². The molecule has 9 heteroatoms. The minimum Gasteiger partial charge on any atom is -0.465 e. The molecular formula is C7H9BrN2O4S2. The van der Waals surface area contributed by atoms with E-state index in [1.54, 1.807) is 6.92 Å². The number of sulfonamides is 1. The number of aromatic nitrogens is 1. The maximum atomic E-state index is 11.4. The third-order valence-corrected chi connectivity index (χ3v) is 3.97. The predicted molar refractivity (Wildman–Crippen MR) is 63.9 cm³/mol. The fraction of sp³-hybridized carbons (Fsp3) is 0.429. The van der Waals surface area contributed by atoms with E-state index in [0.717, 1.165) is 11.3 Å².